The van der Waals surface area contributed by atoms with Gasteiger partial charge < -0.3 is 19.1 Å². The Balaban J connectivity index is 2.77. The minimum Gasteiger partial charge on any atom is -0.379 e. The Morgan fingerprint density at radius 1 is 0.475 bits per heavy atom. The molecule has 0 aromatic heterocycles. The highest BCUT2D eigenvalue weighted by Gasteiger charge is 2.19. The maximum absolute atomic E-state index is 6.30. The lowest BCUT2D eigenvalue weighted by molar-refractivity contribution is 0.0236. The summed E-state index contributed by atoms with van der Waals surface area (Å²) in [5.41, 5.74) is 0. The summed E-state index contributed by atoms with van der Waals surface area (Å²) in [6.07, 6.45) is 20.1. The fraction of sp³-hybridized carbons (Fsp3) is 1.00. The van der Waals surface area contributed by atoms with Crippen LogP contribution in [0.3, 0.4) is 0 Å². The van der Waals surface area contributed by atoms with E-state index in [1.807, 2.05) is 0 Å². The molecule has 1 aliphatic rings. The highest BCUT2D eigenvalue weighted by atomic mass is 16.5. The number of ether oxygens (including phenoxy) is 3. The number of unbranched alkanes of at least 4 members (excludes halogenated alkanes) is 9. The molecule has 0 N–H and O–H groups in total. The zero-order chi connectivity index (χ0) is 29.1. The van der Waals surface area contributed by atoms with Crippen LogP contribution in [0.25, 0.3) is 0 Å². The molecule has 0 radical (unpaired) electrons. The minimum atomic E-state index is 0.582. The van der Waals surface area contributed by atoms with Crippen LogP contribution in [0.15, 0.2) is 0 Å². The van der Waals surface area contributed by atoms with E-state index in [-0.39, 0.29) is 0 Å². The monoisotopic (exact) mass is 570 g/mol. The molecule has 0 aromatic carbocycles. The summed E-state index contributed by atoms with van der Waals surface area (Å²) in [5.74, 6) is 0. The Kier molecular flexibility index (Phi) is 26.1. The average Bonchev–Trinajstić information content (AvgIpc) is 2.95. The van der Waals surface area contributed by atoms with Crippen LogP contribution in [-0.2, 0) is 14.2 Å². The van der Waals surface area contributed by atoms with Crippen LogP contribution < -0.4 is 0 Å². The molecule has 1 rings (SSSR count). The van der Waals surface area contributed by atoms with Gasteiger partial charge in [0.1, 0.15) is 0 Å². The lowest BCUT2D eigenvalue weighted by Crippen LogP contribution is -2.41. The van der Waals surface area contributed by atoms with E-state index < -0.39 is 0 Å². The van der Waals surface area contributed by atoms with Crippen LogP contribution in [0.4, 0.5) is 0 Å². The van der Waals surface area contributed by atoms with E-state index in [2.05, 4.69) is 49.4 Å². The summed E-state index contributed by atoms with van der Waals surface area (Å²) < 4.78 is 18.5. The molecular weight excluding hydrogens is 498 g/mol. The third-order valence-corrected chi connectivity index (χ3v) is 8.72. The van der Waals surface area contributed by atoms with Crippen LogP contribution in [-0.4, -0.2) is 113 Å². The highest BCUT2D eigenvalue weighted by Crippen LogP contribution is 2.19. The summed E-state index contributed by atoms with van der Waals surface area (Å²) >= 11 is 0. The van der Waals surface area contributed by atoms with Gasteiger partial charge in [-0.3, -0.25) is 9.80 Å². The molecule has 6 nitrogen and oxygen atoms in total. The number of hydrogen-bond acceptors (Lipinski definition) is 6. The van der Waals surface area contributed by atoms with E-state index in [4.69, 9.17) is 14.2 Å². The van der Waals surface area contributed by atoms with Gasteiger partial charge in [-0.2, -0.15) is 0 Å². The first-order valence-corrected chi connectivity index (χ1v) is 17.5. The second-order valence-corrected chi connectivity index (χ2v) is 12.3. The molecule has 1 aliphatic heterocycles. The Morgan fingerprint density at radius 3 is 1.32 bits per heavy atom. The number of nitrogens with zero attached hydrogens (tertiary/aromatic N) is 3. The van der Waals surface area contributed by atoms with Gasteiger partial charge in [0.25, 0.3) is 0 Å². The standard InChI is InChI=1S/C34H71N3O3/c1-6-9-12-14-16-19-34(20-17-15-13-10-7-2)37-25-31-39-28-22-35(5)21-27-38-29-23-36(24-30-40-32-26-37)33(4)18-11-8-3/h33-34H,6-32H2,1-5H3. The molecule has 40 heavy (non-hydrogen) atoms. The zero-order valence-corrected chi connectivity index (χ0v) is 27.8. The van der Waals surface area contributed by atoms with Gasteiger partial charge in [-0.25, -0.2) is 0 Å². The van der Waals surface area contributed by atoms with E-state index in [9.17, 15) is 0 Å². The van der Waals surface area contributed by atoms with Crippen molar-refractivity contribution in [3.63, 3.8) is 0 Å². The second kappa shape index (κ2) is 27.6. The van der Waals surface area contributed by atoms with Crippen molar-refractivity contribution >= 4 is 0 Å². The van der Waals surface area contributed by atoms with E-state index in [0.29, 0.717) is 12.1 Å². The van der Waals surface area contributed by atoms with Crippen LogP contribution in [0.2, 0.25) is 0 Å². The number of likely N-dealkylation sites (N-methyl/N-ethyl adjacent to an activating group) is 1. The molecule has 0 bridgehead atoms. The summed E-state index contributed by atoms with van der Waals surface area (Å²) in [5, 5.41) is 0. The SMILES string of the molecule is CCCCCCCC(CCCCCCC)N1CCOCCN(C)CCOCCN(C(C)CCCC)CCOCC1. The molecular formula is C34H71N3O3. The third-order valence-electron chi connectivity index (χ3n) is 8.72. The van der Waals surface area contributed by atoms with Crippen molar-refractivity contribution in [3.8, 4) is 0 Å². The van der Waals surface area contributed by atoms with Crippen LogP contribution in [0, 0.1) is 0 Å². The van der Waals surface area contributed by atoms with Crippen molar-refractivity contribution in [1.82, 2.24) is 14.7 Å². The largest absolute Gasteiger partial charge is 0.379 e. The Morgan fingerprint density at radius 2 is 0.875 bits per heavy atom. The van der Waals surface area contributed by atoms with Gasteiger partial charge in [0, 0.05) is 51.4 Å². The lowest BCUT2D eigenvalue weighted by Gasteiger charge is -2.33. The van der Waals surface area contributed by atoms with Crippen molar-refractivity contribution in [2.45, 2.75) is 136 Å². The predicted molar refractivity (Wildman–Crippen MR) is 173 cm³/mol. The zero-order valence-electron chi connectivity index (χ0n) is 27.8. The Labute approximate surface area is 250 Å². The molecule has 1 unspecified atom stereocenters. The van der Waals surface area contributed by atoms with Gasteiger partial charge in [0.2, 0.25) is 0 Å². The van der Waals surface area contributed by atoms with E-state index in [0.717, 1.165) is 78.9 Å². The molecule has 0 spiro atoms. The first kappa shape index (κ1) is 37.8. The first-order chi connectivity index (χ1) is 19.6. The summed E-state index contributed by atoms with van der Waals surface area (Å²) in [4.78, 5) is 7.65. The highest BCUT2D eigenvalue weighted by molar-refractivity contribution is 4.73. The van der Waals surface area contributed by atoms with Gasteiger partial charge in [-0.15, -0.1) is 0 Å². The maximum Gasteiger partial charge on any atom is 0.0594 e. The van der Waals surface area contributed by atoms with Gasteiger partial charge in [0.05, 0.1) is 39.6 Å². The van der Waals surface area contributed by atoms with E-state index in [1.165, 1.54) is 96.3 Å². The van der Waals surface area contributed by atoms with E-state index in [1.54, 1.807) is 0 Å². The Bertz CT molecular complexity index is 511. The molecule has 240 valence electrons. The smallest absolute Gasteiger partial charge is 0.0594 e. The average molecular weight is 570 g/mol. The van der Waals surface area contributed by atoms with Crippen LogP contribution in [0.1, 0.15) is 124 Å². The normalized spacial score (nSPS) is 19.9. The maximum atomic E-state index is 6.30. The van der Waals surface area contributed by atoms with Gasteiger partial charge >= 0.3 is 0 Å². The summed E-state index contributed by atoms with van der Waals surface area (Å²) in [6.45, 7) is 20.1. The van der Waals surface area contributed by atoms with Gasteiger partial charge in [-0.05, 0) is 33.2 Å². The van der Waals surface area contributed by atoms with Crippen molar-refractivity contribution in [3.05, 3.63) is 0 Å². The molecule has 0 aromatic rings. The summed E-state index contributed by atoms with van der Waals surface area (Å²) in [6, 6.07) is 1.24. The lowest BCUT2D eigenvalue weighted by atomic mass is 9.99. The second-order valence-electron chi connectivity index (χ2n) is 12.3. The molecule has 0 aliphatic carbocycles. The molecule has 0 amide bonds. The van der Waals surface area contributed by atoms with Crippen molar-refractivity contribution in [2.24, 2.45) is 0 Å². The molecule has 1 saturated heterocycles. The molecule has 0 saturated carbocycles. The molecule has 1 fully saturated rings. The molecule has 1 atom stereocenters. The third kappa shape index (κ3) is 20.6. The van der Waals surface area contributed by atoms with Crippen molar-refractivity contribution in [2.75, 3.05) is 86.0 Å². The van der Waals surface area contributed by atoms with Gasteiger partial charge in [-0.1, -0.05) is 97.8 Å². The van der Waals surface area contributed by atoms with Crippen molar-refractivity contribution in [1.29, 1.82) is 0 Å². The molecule has 1 heterocycles. The number of hydrogen-bond donors (Lipinski definition) is 0. The number of rotatable bonds is 17. The predicted octanol–water partition coefficient (Wildman–Crippen LogP) is 7.25. The van der Waals surface area contributed by atoms with E-state index >= 15 is 0 Å². The topological polar surface area (TPSA) is 37.4 Å². The Hall–Kier alpha value is -0.240. The minimum absolute atomic E-state index is 0.582. The summed E-state index contributed by atoms with van der Waals surface area (Å²) in [7, 11) is 2.18. The van der Waals surface area contributed by atoms with Crippen LogP contribution in [0.5, 0.6) is 0 Å². The van der Waals surface area contributed by atoms with Gasteiger partial charge in [0.15, 0.2) is 0 Å². The quantitative estimate of drug-likeness (QED) is 0.172. The van der Waals surface area contributed by atoms with Crippen LogP contribution >= 0.6 is 0 Å². The molecule has 6 heteroatoms. The first-order valence-electron chi connectivity index (χ1n) is 17.5. The fourth-order valence-corrected chi connectivity index (χ4v) is 5.77. The van der Waals surface area contributed by atoms with Crippen molar-refractivity contribution < 1.29 is 14.2 Å². The fourth-order valence-electron chi connectivity index (χ4n) is 5.77.